The van der Waals surface area contributed by atoms with Gasteiger partial charge in [0.1, 0.15) is 24.4 Å². The highest BCUT2D eigenvalue weighted by Gasteiger charge is 2.48. The predicted molar refractivity (Wildman–Crippen MR) is 195 cm³/mol. The largest absolute Gasteiger partial charge is 0.397 e. The van der Waals surface area contributed by atoms with E-state index in [1.54, 1.807) is 0 Å². The normalized spacial score (nSPS) is 22.7. The van der Waals surface area contributed by atoms with Crippen molar-refractivity contribution in [2.24, 2.45) is 0 Å². The minimum absolute atomic E-state index is 0.186. The minimum Gasteiger partial charge on any atom is -0.394 e. The van der Waals surface area contributed by atoms with Crippen LogP contribution in [0.4, 0.5) is 0 Å². The molecule has 13 heteroatoms. The Bertz CT molecular complexity index is 1010. The van der Waals surface area contributed by atoms with Crippen LogP contribution in [0.15, 0.2) is 24.3 Å². The van der Waals surface area contributed by atoms with Gasteiger partial charge in [-0.05, 0) is 32.1 Å². The molecule has 7 unspecified atom stereocenters. The molecular weight excluding hydrogens is 666 g/mol. The Morgan fingerprint density at radius 3 is 1.90 bits per heavy atom. The number of aliphatic hydroxyl groups excluding tert-OH is 4. The minimum atomic E-state index is -5.07. The second kappa shape index (κ2) is 29.1. The number of amides is 1. The maximum absolute atomic E-state index is 12.9. The Kier molecular flexibility index (Phi) is 27.1. The Morgan fingerprint density at radius 1 is 0.800 bits per heavy atom. The second-order valence-electron chi connectivity index (χ2n) is 13.5. The summed E-state index contributed by atoms with van der Waals surface area (Å²) in [5.41, 5.74) is 0. The summed E-state index contributed by atoms with van der Waals surface area (Å²) in [5.74, 6) is -0.301. The second-order valence-corrected chi connectivity index (χ2v) is 14.6. The first kappa shape index (κ1) is 46.6. The van der Waals surface area contributed by atoms with Crippen molar-refractivity contribution in [3.05, 3.63) is 24.3 Å². The van der Waals surface area contributed by atoms with Crippen molar-refractivity contribution in [1.29, 1.82) is 0 Å². The summed E-state index contributed by atoms with van der Waals surface area (Å²) in [6.45, 7) is 3.34. The van der Waals surface area contributed by atoms with Crippen LogP contribution in [0.1, 0.15) is 149 Å². The molecule has 6 N–H and O–H groups in total. The third-order valence-electron chi connectivity index (χ3n) is 9.03. The summed E-state index contributed by atoms with van der Waals surface area (Å²) in [6.07, 6.45) is 20.7. The van der Waals surface area contributed by atoms with Crippen LogP contribution in [0.2, 0.25) is 0 Å². The molecule has 50 heavy (non-hydrogen) atoms. The SMILES string of the molecule is CCCCCCCC/C=C\C/C=C\CCC(=O)NC(COC1OC(CO)C(O)C(OS(=O)(=O)O)C1O)C(O)CCCCCCCCCCCC. The van der Waals surface area contributed by atoms with E-state index in [9.17, 15) is 33.6 Å². The van der Waals surface area contributed by atoms with Gasteiger partial charge in [-0.15, -0.1) is 0 Å². The number of hydrogen-bond acceptors (Lipinski definition) is 10. The van der Waals surface area contributed by atoms with Crippen LogP contribution >= 0.6 is 0 Å². The number of aliphatic hydroxyl groups is 4. The number of ether oxygens (including phenoxy) is 2. The molecule has 294 valence electrons. The molecule has 1 aliphatic rings. The van der Waals surface area contributed by atoms with E-state index in [1.807, 2.05) is 12.2 Å². The Balaban J connectivity index is 2.66. The topological polar surface area (TPSA) is 192 Å². The number of hydrogen-bond donors (Lipinski definition) is 6. The highest BCUT2D eigenvalue weighted by atomic mass is 32.3. The van der Waals surface area contributed by atoms with Crippen LogP contribution < -0.4 is 5.32 Å². The first-order chi connectivity index (χ1) is 24.0. The van der Waals surface area contributed by atoms with Crippen molar-refractivity contribution in [3.63, 3.8) is 0 Å². The van der Waals surface area contributed by atoms with Crippen LogP contribution in [0.25, 0.3) is 0 Å². The Morgan fingerprint density at radius 2 is 1.34 bits per heavy atom. The fourth-order valence-corrected chi connectivity index (χ4v) is 6.49. The van der Waals surface area contributed by atoms with Gasteiger partial charge < -0.3 is 35.2 Å². The van der Waals surface area contributed by atoms with Crippen LogP contribution in [0, 0.1) is 0 Å². The number of nitrogens with one attached hydrogen (secondary N) is 1. The Labute approximate surface area is 302 Å². The van der Waals surface area contributed by atoms with E-state index in [-0.39, 0.29) is 18.9 Å². The molecule has 0 aliphatic carbocycles. The van der Waals surface area contributed by atoms with Crippen molar-refractivity contribution in [3.8, 4) is 0 Å². The lowest BCUT2D eigenvalue weighted by atomic mass is 9.99. The highest BCUT2D eigenvalue weighted by molar-refractivity contribution is 7.80. The number of allylic oxidation sites excluding steroid dienone is 4. The Hall–Kier alpha value is -1.42. The lowest BCUT2D eigenvalue weighted by molar-refractivity contribution is -0.298. The third kappa shape index (κ3) is 22.5. The summed E-state index contributed by atoms with van der Waals surface area (Å²) >= 11 is 0. The average molecular weight is 736 g/mol. The molecule has 1 aliphatic heterocycles. The smallest absolute Gasteiger partial charge is 0.394 e. The molecule has 12 nitrogen and oxygen atoms in total. The third-order valence-corrected chi connectivity index (χ3v) is 9.49. The van der Waals surface area contributed by atoms with E-state index >= 15 is 0 Å². The van der Waals surface area contributed by atoms with Crippen molar-refractivity contribution in [2.45, 2.75) is 192 Å². The van der Waals surface area contributed by atoms with E-state index < -0.39 is 59.9 Å². The van der Waals surface area contributed by atoms with E-state index in [1.165, 1.54) is 77.0 Å². The molecule has 1 heterocycles. The van der Waals surface area contributed by atoms with Gasteiger partial charge in [0.25, 0.3) is 0 Å². The lowest BCUT2D eigenvalue weighted by Crippen LogP contribution is -2.61. The molecule has 0 aromatic heterocycles. The van der Waals surface area contributed by atoms with Gasteiger partial charge in [-0.3, -0.25) is 9.35 Å². The van der Waals surface area contributed by atoms with E-state index in [4.69, 9.17) is 14.0 Å². The molecule has 1 rings (SSSR count). The maximum atomic E-state index is 12.9. The molecule has 1 amide bonds. The summed E-state index contributed by atoms with van der Waals surface area (Å²) in [7, 11) is -5.07. The number of unbranched alkanes of at least 4 members (excludes halogenated alkanes) is 15. The van der Waals surface area contributed by atoms with E-state index in [2.05, 4.69) is 35.5 Å². The van der Waals surface area contributed by atoms with Crippen LogP contribution in [0.3, 0.4) is 0 Å². The molecule has 0 bridgehead atoms. The fourth-order valence-electron chi connectivity index (χ4n) is 5.98. The van der Waals surface area contributed by atoms with E-state index in [0.717, 1.165) is 38.5 Å². The predicted octanol–water partition coefficient (Wildman–Crippen LogP) is 5.82. The molecule has 0 radical (unpaired) electrons. The summed E-state index contributed by atoms with van der Waals surface area (Å²) < 4.78 is 47.3. The zero-order valence-electron chi connectivity index (χ0n) is 30.7. The van der Waals surface area contributed by atoms with Crippen LogP contribution in [-0.2, 0) is 28.9 Å². The van der Waals surface area contributed by atoms with Gasteiger partial charge >= 0.3 is 10.4 Å². The number of carbonyl (C=O) groups is 1. The molecule has 0 aromatic rings. The molecule has 7 atom stereocenters. The molecule has 1 saturated heterocycles. The van der Waals surface area contributed by atoms with Gasteiger partial charge in [0.2, 0.25) is 5.91 Å². The van der Waals surface area contributed by atoms with Gasteiger partial charge in [0.15, 0.2) is 6.29 Å². The number of carbonyl (C=O) groups excluding carboxylic acids is 1. The standard InChI is InChI=1S/C37H69NO11S/c1-3-5-7-9-11-13-15-16-17-19-21-23-25-27-33(41)38-30(31(40)26-24-22-20-18-14-12-10-8-6-4-2)29-47-37-35(43)36(49-50(44,45)46)34(42)32(28-39)48-37/h16-17,21,23,30-32,34-37,39-40,42-43H,3-15,18-20,22,24-29H2,1-2H3,(H,38,41)(H,44,45,46)/b17-16-,23-21-. The summed E-state index contributed by atoms with van der Waals surface area (Å²) in [4.78, 5) is 12.9. The molecule has 0 saturated carbocycles. The van der Waals surface area contributed by atoms with Crippen molar-refractivity contribution >= 4 is 16.3 Å². The maximum Gasteiger partial charge on any atom is 0.397 e. The van der Waals surface area contributed by atoms with Crippen LogP contribution in [-0.4, -0.2) is 95.4 Å². The zero-order valence-corrected chi connectivity index (χ0v) is 31.5. The first-order valence-electron chi connectivity index (χ1n) is 19.2. The van der Waals surface area contributed by atoms with Crippen molar-refractivity contribution in [1.82, 2.24) is 5.32 Å². The van der Waals surface area contributed by atoms with E-state index in [0.29, 0.717) is 12.8 Å². The molecule has 0 aromatic carbocycles. The molecular formula is C37H69NO11S. The number of rotatable bonds is 31. The lowest BCUT2D eigenvalue weighted by Gasteiger charge is -2.41. The van der Waals surface area contributed by atoms with Gasteiger partial charge in [0, 0.05) is 6.42 Å². The highest BCUT2D eigenvalue weighted by Crippen LogP contribution is 2.26. The summed E-state index contributed by atoms with van der Waals surface area (Å²) in [5, 5.41) is 44.4. The van der Waals surface area contributed by atoms with Gasteiger partial charge in [-0.25, -0.2) is 4.18 Å². The fraction of sp³-hybridized carbons (Fsp3) is 0.865. The molecule has 0 spiro atoms. The van der Waals surface area contributed by atoms with Gasteiger partial charge in [-0.1, -0.05) is 134 Å². The van der Waals surface area contributed by atoms with Gasteiger partial charge in [-0.2, -0.15) is 8.42 Å². The molecule has 1 fully saturated rings. The quantitative estimate of drug-likeness (QED) is 0.0286. The summed E-state index contributed by atoms with van der Waals surface area (Å²) in [6, 6.07) is -0.883. The monoisotopic (exact) mass is 735 g/mol. The van der Waals surface area contributed by atoms with Crippen molar-refractivity contribution < 1.29 is 51.8 Å². The van der Waals surface area contributed by atoms with Crippen molar-refractivity contribution in [2.75, 3.05) is 13.2 Å². The van der Waals surface area contributed by atoms with Gasteiger partial charge in [0.05, 0.1) is 25.4 Å². The first-order valence-corrected chi connectivity index (χ1v) is 20.6. The van der Waals surface area contributed by atoms with Crippen LogP contribution in [0.5, 0.6) is 0 Å². The zero-order chi connectivity index (χ0) is 37.0. The average Bonchev–Trinajstić information content (AvgIpc) is 3.08.